The van der Waals surface area contributed by atoms with E-state index in [1.807, 2.05) is 42.5 Å². The van der Waals surface area contributed by atoms with E-state index in [1.54, 1.807) is 18.6 Å². The fourth-order valence-electron chi connectivity index (χ4n) is 2.93. The van der Waals surface area contributed by atoms with Crippen molar-refractivity contribution in [3.05, 3.63) is 53.9 Å². The molecule has 0 radical (unpaired) electrons. The van der Waals surface area contributed by atoms with Crippen molar-refractivity contribution >= 4 is 28.6 Å². The fourth-order valence-corrected chi connectivity index (χ4v) is 2.93. The molecule has 0 amide bonds. The second kappa shape index (κ2) is 7.12. The van der Waals surface area contributed by atoms with Gasteiger partial charge in [0.2, 0.25) is 17.8 Å². The van der Waals surface area contributed by atoms with E-state index >= 15 is 0 Å². The lowest BCUT2D eigenvalue weighted by Crippen LogP contribution is -2.10. The first-order chi connectivity index (χ1) is 13.6. The summed E-state index contributed by atoms with van der Waals surface area (Å²) in [6.45, 7) is 1.68. The molecule has 4 rings (SSSR count). The van der Waals surface area contributed by atoms with E-state index in [0.717, 1.165) is 22.5 Å². The minimum absolute atomic E-state index is 0.0702. The van der Waals surface area contributed by atoms with E-state index in [9.17, 15) is 5.11 Å². The number of aromatic nitrogens is 5. The lowest BCUT2D eigenvalue weighted by molar-refractivity contribution is 0.282. The van der Waals surface area contributed by atoms with Crippen molar-refractivity contribution in [2.45, 2.75) is 13.5 Å². The monoisotopic (exact) mass is 377 g/mol. The van der Waals surface area contributed by atoms with Crippen molar-refractivity contribution in [2.75, 3.05) is 18.2 Å². The average molecular weight is 377 g/mol. The number of rotatable bonds is 5. The molecule has 0 unspecified atom stereocenters. The van der Waals surface area contributed by atoms with Gasteiger partial charge in [-0.3, -0.25) is 0 Å². The Bertz CT molecular complexity index is 1140. The molecule has 0 fully saturated rings. The van der Waals surface area contributed by atoms with Crippen molar-refractivity contribution in [3.8, 4) is 11.7 Å². The Hall–Kier alpha value is -3.72. The molecule has 2 heterocycles. The van der Waals surface area contributed by atoms with Crippen LogP contribution in [0.4, 0.5) is 17.6 Å². The highest BCUT2D eigenvalue weighted by Gasteiger charge is 2.17. The lowest BCUT2D eigenvalue weighted by atomic mass is 10.2. The highest BCUT2D eigenvalue weighted by molar-refractivity contribution is 5.82. The van der Waals surface area contributed by atoms with Gasteiger partial charge >= 0.3 is 0 Å². The number of nitrogens with one attached hydrogen (secondary N) is 1. The number of nitrogens with zero attached hydrogens (tertiary/aromatic N) is 5. The third-order valence-electron chi connectivity index (χ3n) is 4.18. The van der Waals surface area contributed by atoms with Gasteiger partial charge in [0.1, 0.15) is 11.6 Å². The SMILES string of the molecule is COc1cccc(Nc2nc3cc(CO)ccc3n2-c2nc(C)nc(N)n2)c1. The third-order valence-corrected chi connectivity index (χ3v) is 4.18. The average Bonchev–Trinajstić information content (AvgIpc) is 3.04. The number of ether oxygens (including phenoxy) is 1. The number of methoxy groups -OCH3 is 1. The number of aryl methyl sites for hydroxylation is 1. The molecule has 2 aromatic carbocycles. The highest BCUT2D eigenvalue weighted by Crippen LogP contribution is 2.28. The minimum Gasteiger partial charge on any atom is -0.497 e. The Balaban J connectivity index is 1.90. The van der Waals surface area contributed by atoms with Crippen LogP contribution in [0.2, 0.25) is 0 Å². The zero-order valence-corrected chi connectivity index (χ0v) is 15.4. The van der Waals surface area contributed by atoms with Gasteiger partial charge in [-0.05, 0) is 36.8 Å². The van der Waals surface area contributed by atoms with E-state index in [-0.39, 0.29) is 12.6 Å². The molecule has 0 aliphatic rings. The second-order valence-electron chi connectivity index (χ2n) is 6.15. The van der Waals surface area contributed by atoms with Gasteiger partial charge in [0.15, 0.2) is 0 Å². The van der Waals surface area contributed by atoms with Crippen LogP contribution in [0.25, 0.3) is 17.0 Å². The largest absolute Gasteiger partial charge is 0.497 e. The number of nitrogens with two attached hydrogens (primary N) is 1. The number of fused-ring (bicyclic) bond motifs is 1. The molecule has 0 aliphatic carbocycles. The van der Waals surface area contributed by atoms with Gasteiger partial charge in [0, 0.05) is 11.8 Å². The fraction of sp³-hybridized carbons (Fsp3) is 0.158. The predicted molar refractivity (Wildman–Crippen MR) is 106 cm³/mol. The summed E-state index contributed by atoms with van der Waals surface area (Å²) in [5.41, 5.74) is 8.84. The first-order valence-electron chi connectivity index (χ1n) is 8.59. The summed E-state index contributed by atoms with van der Waals surface area (Å²) >= 11 is 0. The molecular weight excluding hydrogens is 358 g/mol. The zero-order chi connectivity index (χ0) is 19.7. The number of hydrogen-bond acceptors (Lipinski definition) is 8. The van der Waals surface area contributed by atoms with Crippen molar-refractivity contribution in [1.82, 2.24) is 24.5 Å². The number of nitrogen functional groups attached to an aromatic ring is 1. The van der Waals surface area contributed by atoms with Gasteiger partial charge in [0.05, 0.1) is 24.8 Å². The second-order valence-corrected chi connectivity index (χ2v) is 6.15. The van der Waals surface area contributed by atoms with Crippen LogP contribution in [-0.4, -0.2) is 36.7 Å². The molecular formula is C19H19N7O2. The van der Waals surface area contributed by atoms with Crippen LogP contribution in [0, 0.1) is 6.92 Å². The van der Waals surface area contributed by atoms with Crippen molar-refractivity contribution < 1.29 is 9.84 Å². The topological polar surface area (TPSA) is 124 Å². The van der Waals surface area contributed by atoms with Gasteiger partial charge in [0.25, 0.3) is 0 Å². The first-order valence-corrected chi connectivity index (χ1v) is 8.59. The van der Waals surface area contributed by atoms with Gasteiger partial charge in [-0.2, -0.15) is 15.0 Å². The summed E-state index contributed by atoms with van der Waals surface area (Å²) in [5, 5.41) is 12.7. The summed E-state index contributed by atoms with van der Waals surface area (Å²) in [6, 6.07) is 13.0. The Kier molecular flexibility index (Phi) is 4.50. The van der Waals surface area contributed by atoms with Crippen LogP contribution in [-0.2, 0) is 6.61 Å². The molecule has 28 heavy (non-hydrogen) atoms. The maximum absolute atomic E-state index is 9.44. The molecule has 142 valence electrons. The normalized spacial score (nSPS) is 11.0. The van der Waals surface area contributed by atoms with Gasteiger partial charge < -0.3 is 20.9 Å². The number of imidazole rings is 1. The van der Waals surface area contributed by atoms with E-state index in [2.05, 4.69) is 25.3 Å². The van der Waals surface area contributed by atoms with Gasteiger partial charge in [-0.1, -0.05) is 12.1 Å². The number of hydrogen-bond donors (Lipinski definition) is 3. The van der Waals surface area contributed by atoms with Crippen LogP contribution in [0.15, 0.2) is 42.5 Å². The quantitative estimate of drug-likeness (QED) is 0.484. The van der Waals surface area contributed by atoms with Crippen LogP contribution in [0.1, 0.15) is 11.4 Å². The number of benzene rings is 2. The number of aliphatic hydroxyl groups excluding tert-OH is 1. The van der Waals surface area contributed by atoms with Crippen LogP contribution < -0.4 is 15.8 Å². The minimum atomic E-state index is -0.0702. The highest BCUT2D eigenvalue weighted by atomic mass is 16.5. The van der Waals surface area contributed by atoms with E-state index in [1.165, 1.54) is 0 Å². The Morgan fingerprint density at radius 3 is 2.71 bits per heavy atom. The molecule has 4 N–H and O–H groups in total. The molecule has 0 saturated heterocycles. The molecule has 0 bridgehead atoms. The zero-order valence-electron chi connectivity index (χ0n) is 15.4. The third kappa shape index (κ3) is 3.30. The maximum atomic E-state index is 9.44. The molecule has 0 saturated carbocycles. The molecule has 0 aliphatic heterocycles. The van der Waals surface area contributed by atoms with E-state index in [4.69, 9.17) is 10.5 Å². The van der Waals surface area contributed by atoms with Gasteiger partial charge in [-0.15, -0.1) is 0 Å². The van der Waals surface area contributed by atoms with Crippen molar-refractivity contribution in [2.24, 2.45) is 0 Å². The van der Waals surface area contributed by atoms with E-state index in [0.29, 0.717) is 23.2 Å². The van der Waals surface area contributed by atoms with Crippen molar-refractivity contribution in [1.29, 1.82) is 0 Å². The smallest absolute Gasteiger partial charge is 0.242 e. The Labute approximate surface area is 160 Å². The number of aliphatic hydroxyl groups is 1. The predicted octanol–water partition coefficient (Wildman–Crippen LogP) is 2.35. The summed E-state index contributed by atoms with van der Waals surface area (Å²) < 4.78 is 7.05. The Morgan fingerprint density at radius 2 is 1.96 bits per heavy atom. The molecule has 4 aromatic rings. The summed E-state index contributed by atoms with van der Waals surface area (Å²) in [7, 11) is 1.61. The molecule has 0 atom stereocenters. The Morgan fingerprint density at radius 1 is 1.11 bits per heavy atom. The van der Waals surface area contributed by atoms with E-state index < -0.39 is 0 Å². The molecule has 2 aromatic heterocycles. The number of anilines is 3. The lowest BCUT2D eigenvalue weighted by Gasteiger charge is -2.11. The molecule has 9 nitrogen and oxygen atoms in total. The maximum Gasteiger partial charge on any atom is 0.242 e. The summed E-state index contributed by atoms with van der Waals surface area (Å²) in [4.78, 5) is 17.4. The van der Waals surface area contributed by atoms with Crippen LogP contribution in [0.5, 0.6) is 5.75 Å². The van der Waals surface area contributed by atoms with Crippen LogP contribution in [0.3, 0.4) is 0 Å². The molecule has 0 spiro atoms. The van der Waals surface area contributed by atoms with Crippen molar-refractivity contribution in [3.63, 3.8) is 0 Å². The molecule has 9 heteroatoms. The van der Waals surface area contributed by atoms with Crippen LogP contribution >= 0.6 is 0 Å². The standard InChI is InChI=1S/C19H19N7O2/c1-11-21-17(20)25-18(22-11)26-16-7-6-12(10-27)8-15(16)24-19(26)23-13-4-3-5-14(9-13)28-2/h3-9,27H,10H2,1-2H3,(H,23,24)(H2,20,21,22,25). The summed E-state index contributed by atoms with van der Waals surface area (Å²) in [6.07, 6.45) is 0. The first kappa shape index (κ1) is 17.7. The summed E-state index contributed by atoms with van der Waals surface area (Å²) in [5.74, 6) is 2.21. The van der Waals surface area contributed by atoms with Gasteiger partial charge in [-0.25, -0.2) is 9.55 Å².